The van der Waals surface area contributed by atoms with Crippen molar-refractivity contribution in [3.8, 4) is 11.1 Å². The molecule has 142 valence electrons. The van der Waals surface area contributed by atoms with Crippen LogP contribution in [0.4, 0.5) is 18.9 Å². The van der Waals surface area contributed by atoms with Crippen LogP contribution in [0, 0.1) is 5.92 Å². The van der Waals surface area contributed by atoms with Crippen LogP contribution in [0.3, 0.4) is 0 Å². The predicted molar refractivity (Wildman–Crippen MR) is 96.0 cm³/mol. The van der Waals surface area contributed by atoms with Crippen LogP contribution in [0.15, 0.2) is 54.6 Å². The first kappa shape index (κ1) is 18.9. The van der Waals surface area contributed by atoms with Gasteiger partial charge in [0.2, 0.25) is 11.8 Å². The summed E-state index contributed by atoms with van der Waals surface area (Å²) in [4.78, 5) is 26.9. The second-order valence-electron chi connectivity index (χ2n) is 6.57. The molecular weight excluding hydrogens is 357 g/mol. The van der Waals surface area contributed by atoms with Crippen molar-refractivity contribution in [1.29, 1.82) is 0 Å². The molecule has 0 aliphatic carbocycles. The third-order valence-corrected chi connectivity index (χ3v) is 4.61. The Morgan fingerprint density at radius 2 is 1.74 bits per heavy atom. The van der Waals surface area contributed by atoms with Gasteiger partial charge < -0.3 is 9.80 Å². The Balaban J connectivity index is 1.80. The Bertz CT molecular complexity index is 837. The fourth-order valence-electron chi connectivity index (χ4n) is 3.33. The summed E-state index contributed by atoms with van der Waals surface area (Å²) in [6.07, 6.45) is -4.67. The van der Waals surface area contributed by atoms with Crippen LogP contribution >= 0.6 is 0 Å². The van der Waals surface area contributed by atoms with Crippen LogP contribution < -0.4 is 4.90 Å². The minimum Gasteiger partial charge on any atom is -0.333 e. The number of benzene rings is 2. The lowest BCUT2D eigenvalue weighted by molar-refractivity contribution is -0.157. The molecule has 27 heavy (non-hydrogen) atoms. The lowest BCUT2D eigenvalue weighted by Gasteiger charge is -2.24. The molecule has 1 aliphatic rings. The van der Waals surface area contributed by atoms with Gasteiger partial charge in [-0.1, -0.05) is 48.5 Å². The maximum atomic E-state index is 12.9. The molecule has 3 rings (SSSR count). The standard InChI is InChI=1S/C20H19F3N2O2/c1-24(17-10-6-5-9-16(17)14-7-3-2-4-8-14)19(27)15-11-18(26)25(12-15)13-20(21,22)23/h2-10,15H,11-13H2,1H3/t15-/m1/s1. The SMILES string of the molecule is CN(C(=O)[C@@H]1CC(=O)N(CC(F)(F)F)C1)c1ccccc1-c1ccccc1. The number of nitrogens with zero attached hydrogens (tertiary/aromatic N) is 2. The maximum Gasteiger partial charge on any atom is 0.406 e. The first-order valence-electron chi connectivity index (χ1n) is 8.53. The zero-order chi connectivity index (χ0) is 19.6. The summed E-state index contributed by atoms with van der Waals surface area (Å²) in [5, 5.41) is 0. The zero-order valence-corrected chi connectivity index (χ0v) is 14.7. The molecule has 0 saturated carbocycles. The van der Waals surface area contributed by atoms with Crippen molar-refractivity contribution in [2.75, 3.05) is 25.0 Å². The van der Waals surface area contributed by atoms with E-state index in [0.29, 0.717) is 10.6 Å². The number of rotatable bonds is 4. The van der Waals surface area contributed by atoms with E-state index in [1.54, 1.807) is 19.2 Å². The lowest BCUT2D eigenvalue weighted by Crippen LogP contribution is -2.38. The maximum absolute atomic E-state index is 12.9. The van der Waals surface area contributed by atoms with Crippen LogP contribution in [0.5, 0.6) is 0 Å². The quantitative estimate of drug-likeness (QED) is 0.816. The van der Waals surface area contributed by atoms with Crippen LogP contribution in [0.1, 0.15) is 6.42 Å². The Morgan fingerprint density at radius 3 is 2.41 bits per heavy atom. The van der Waals surface area contributed by atoms with Gasteiger partial charge in [-0.05, 0) is 11.6 Å². The summed E-state index contributed by atoms with van der Waals surface area (Å²) in [5.41, 5.74) is 2.41. The number of carbonyl (C=O) groups is 2. The molecule has 0 spiro atoms. The molecule has 1 saturated heterocycles. The molecule has 0 bridgehead atoms. The highest BCUT2D eigenvalue weighted by Crippen LogP contribution is 2.32. The number of anilines is 1. The molecule has 1 heterocycles. The molecule has 1 fully saturated rings. The van der Waals surface area contributed by atoms with Gasteiger partial charge in [-0.15, -0.1) is 0 Å². The highest BCUT2D eigenvalue weighted by atomic mass is 19.4. The summed E-state index contributed by atoms with van der Waals surface area (Å²) >= 11 is 0. The number of alkyl halides is 3. The monoisotopic (exact) mass is 376 g/mol. The van der Waals surface area contributed by atoms with Gasteiger partial charge in [-0.3, -0.25) is 9.59 Å². The molecule has 0 radical (unpaired) electrons. The van der Waals surface area contributed by atoms with Crippen LogP contribution in [-0.4, -0.2) is 43.0 Å². The highest BCUT2D eigenvalue weighted by Gasteiger charge is 2.41. The number of hydrogen-bond acceptors (Lipinski definition) is 2. The van der Waals surface area contributed by atoms with Crippen molar-refractivity contribution < 1.29 is 22.8 Å². The summed E-state index contributed by atoms with van der Waals surface area (Å²) in [6.45, 7) is -1.53. The van der Waals surface area contributed by atoms with E-state index in [9.17, 15) is 22.8 Å². The van der Waals surface area contributed by atoms with E-state index in [2.05, 4.69) is 0 Å². The predicted octanol–water partition coefficient (Wildman–Crippen LogP) is 3.73. The van der Waals surface area contributed by atoms with Gasteiger partial charge in [0.15, 0.2) is 0 Å². The fourth-order valence-corrected chi connectivity index (χ4v) is 3.33. The first-order valence-corrected chi connectivity index (χ1v) is 8.53. The van der Waals surface area contributed by atoms with Crippen molar-refractivity contribution in [3.63, 3.8) is 0 Å². The van der Waals surface area contributed by atoms with E-state index < -0.39 is 24.5 Å². The van der Waals surface area contributed by atoms with Crippen LogP contribution in [-0.2, 0) is 9.59 Å². The number of halogens is 3. The van der Waals surface area contributed by atoms with Gasteiger partial charge >= 0.3 is 6.18 Å². The molecule has 2 amide bonds. The van der Waals surface area contributed by atoms with E-state index in [1.165, 1.54) is 4.90 Å². The van der Waals surface area contributed by atoms with E-state index in [0.717, 1.165) is 11.1 Å². The number of likely N-dealkylation sites (tertiary alicyclic amines) is 1. The topological polar surface area (TPSA) is 40.6 Å². The summed E-state index contributed by atoms with van der Waals surface area (Å²) < 4.78 is 37.8. The van der Waals surface area contributed by atoms with Gasteiger partial charge in [-0.25, -0.2) is 0 Å². The van der Waals surface area contributed by atoms with Crippen LogP contribution in [0.2, 0.25) is 0 Å². The van der Waals surface area contributed by atoms with E-state index in [1.807, 2.05) is 42.5 Å². The molecular formula is C20H19F3N2O2. The van der Waals surface area contributed by atoms with Crippen molar-refractivity contribution >= 4 is 17.5 Å². The minimum atomic E-state index is -4.47. The molecule has 0 aromatic heterocycles. The van der Waals surface area contributed by atoms with Crippen molar-refractivity contribution in [3.05, 3.63) is 54.6 Å². The van der Waals surface area contributed by atoms with E-state index in [4.69, 9.17) is 0 Å². The second-order valence-corrected chi connectivity index (χ2v) is 6.57. The smallest absolute Gasteiger partial charge is 0.333 e. The van der Waals surface area contributed by atoms with Crippen molar-refractivity contribution in [2.24, 2.45) is 5.92 Å². The van der Waals surface area contributed by atoms with E-state index >= 15 is 0 Å². The third kappa shape index (κ3) is 4.30. The van der Waals surface area contributed by atoms with Crippen molar-refractivity contribution in [2.45, 2.75) is 12.6 Å². The molecule has 1 atom stereocenters. The fraction of sp³-hybridized carbons (Fsp3) is 0.300. The van der Waals surface area contributed by atoms with Gasteiger partial charge in [0, 0.05) is 25.6 Å². The molecule has 2 aromatic rings. The van der Waals surface area contributed by atoms with Crippen LogP contribution in [0.25, 0.3) is 11.1 Å². The van der Waals surface area contributed by atoms with Crippen molar-refractivity contribution in [1.82, 2.24) is 4.90 Å². The largest absolute Gasteiger partial charge is 0.406 e. The summed E-state index contributed by atoms with van der Waals surface area (Å²) in [6, 6.07) is 16.8. The van der Waals surface area contributed by atoms with Gasteiger partial charge in [0.05, 0.1) is 11.6 Å². The molecule has 4 nitrogen and oxygen atoms in total. The van der Waals surface area contributed by atoms with Gasteiger partial charge in [0.1, 0.15) is 6.54 Å². The zero-order valence-electron chi connectivity index (χ0n) is 14.7. The Morgan fingerprint density at radius 1 is 1.11 bits per heavy atom. The Hall–Kier alpha value is -2.83. The average molecular weight is 376 g/mol. The number of carbonyl (C=O) groups excluding carboxylic acids is 2. The number of hydrogen-bond donors (Lipinski definition) is 0. The first-order chi connectivity index (χ1) is 12.8. The highest BCUT2D eigenvalue weighted by molar-refractivity contribution is 6.01. The normalized spacial score (nSPS) is 17.3. The molecule has 2 aromatic carbocycles. The molecule has 1 aliphatic heterocycles. The van der Waals surface area contributed by atoms with Gasteiger partial charge in [-0.2, -0.15) is 13.2 Å². The van der Waals surface area contributed by atoms with E-state index in [-0.39, 0.29) is 18.9 Å². The number of amides is 2. The third-order valence-electron chi connectivity index (χ3n) is 4.61. The summed E-state index contributed by atoms with van der Waals surface area (Å²) in [5.74, 6) is -1.79. The summed E-state index contributed by atoms with van der Waals surface area (Å²) in [7, 11) is 1.58. The Labute approximate surface area is 155 Å². The molecule has 0 N–H and O–H groups in total. The second kappa shape index (κ2) is 7.42. The molecule has 0 unspecified atom stereocenters. The lowest BCUT2D eigenvalue weighted by atomic mass is 10.0. The average Bonchev–Trinajstić information content (AvgIpc) is 3.00. The minimum absolute atomic E-state index is 0.202. The Kier molecular flexibility index (Phi) is 5.21. The number of para-hydroxylation sites is 1. The van der Waals surface area contributed by atoms with Gasteiger partial charge in [0.25, 0.3) is 0 Å². The molecule has 7 heteroatoms.